The van der Waals surface area contributed by atoms with Crippen LogP contribution >= 0.6 is 0 Å². The molecule has 0 aliphatic heterocycles. The van der Waals surface area contributed by atoms with Crippen LogP contribution in [0.2, 0.25) is 0 Å². The van der Waals surface area contributed by atoms with Crippen molar-refractivity contribution in [1.82, 2.24) is 10.2 Å². The van der Waals surface area contributed by atoms with Crippen LogP contribution < -0.4 is 5.32 Å². The van der Waals surface area contributed by atoms with Crippen molar-refractivity contribution in [1.29, 1.82) is 0 Å². The topological polar surface area (TPSA) is 15.3 Å². The molecule has 0 radical (unpaired) electrons. The van der Waals surface area contributed by atoms with Gasteiger partial charge >= 0.3 is 0 Å². The molecule has 2 rings (SSSR count). The molecule has 4 heteroatoms. The Labute approximate surface area is 126 Å². The van der Waals surface area contributed by atoms with E-state index in [9.17, 15) is 8.78 Å². The summed E-state index contributed by atoms with van der Waals surface area (Å²) in [5, 5.41) is 3.34. The number of rotatable bonds is 8. The molecule has 2 nitrogen and oxygen atoms in total. The molecule has 21 heavy (non-hydrogen) atoms. The van der Waals surface area contributed by atoms with E-state index in [0.29, 0.717) is 12.1 Å². The lowest BCUT2D eigenvalue weighted by Gasteiger charge is -2.26. The van der Waals surface area contributed by atoms with Gasteiger partial charge in [0.15, 0.2) is 11.6 Å². The number of halogens is 2. The van der Waals surface area contributed by atoms with E-state index in [1.165, 1.54) is 12.5 Å². The molecule has 1 aromatic carbocycles. The monoisotopic (exact) mass is 296 g/mol. The second kappa shape index (κ2) is 7.32. The molecule has 1 N–H and O–H groups in total. The summed E-state index contributed by atoms with van der Waals surface area (Å²) in [7, 11) is 2.06. The maximum atomic E-state index is 14.0. The van der Waals surface area contributed by atoms with Gasteiger partial charge < -0.3 is 10.2 Å². The first kappa shape index (κ1) is 16.4. The third-order valence-corrected chi connectivity index (χ3v) is 4.31. The lowest BCUT2D eigenvalue weighted by molar-refractivity contribution is 0.272. The van der Waals surface area contributed by atoms with Crippen molar-refractivity contribution in [3.63, 3.8) is 0 Å². The molecule has 0 amide bonds. The number of hydrogen-bond acceptors (Lipinski definition) is 2. The molecule has 1 aromatic rings. The van der Waals surface area contributed by atoms with Crippen LogP contribution in [0.15, 0.2) is 18.2 Å². The molecule has 118 valence electrons. The van der Waals surface area contributed by atoms with Crippen LogP contribution in [0.4, 0.5) is 8.78 Å². The quantitative estimate of drug-likeness (QED) is 0.788. The summed E-state index contributed by atoms with van der Waals surface area (Å²) in [6.45, 7) is 6.86. The maximum absolute atomic E-state index is 14.0. The molecule has 0 aromatic heterocycles. The van der Waals surface area contributed by atoms with Crippen molar-refractivity contribution >= 4 is 0 Å². The minimum absolute atomic E-state index is 0.167. The zero-order valence-electron chi connectivity index (χ0n) is 13.2. The molecule has 0 heterocycles. The largest absolute Gasteiger partial charge is 0.309 e. The van der Waals surface area contributed by atoms with Gasteiger partial charge in [-0.05, 0) is 44.3 Å². The number of nitrogens with zero attached hydrogens (tertiary/aromatic N) is 1. The summed E-state index contributed by atoms with van der Waals surface area (Å²) in [6, 6.07) is 4.27. The smallest absolute Gasteiger partial charge is 0.163 e. The van der Waals surface area contributed by atoms with E-state index in [0.717, 1.165) is 31.3 Å². The van der Waals surface area contributed by atoms with Crippen LogP contribution in [0, 0.1) is 23.5 Å². The van der Waals surface area contributed by atoms with Gasteiger partial charge in [0.05, 0.1) is 0 Å². The zero-order valence-corrected chi connectivity index (χ0v) is 13.2. The van der Waals surface area contributed by atoms with Gasteiger partial charge in [0.2, 0.25) is 0 Å². The van der Waals surface area contributed by atoms with E-state index < -0.39 is 11.6 Å². The average Bonchev–Trinajstić information content (AvgIpc) is 3.13. The van der Waals surface area contributed by atoms with Gasteiger partial charge in [-0.1, -0.05) is 26.0 Å². The predicted octanol–water partition coefficient (Wildman–Crippen LogP) is 3.59. The van der Waals surface area contributed by atoms with Crippen LogP contribution in [0.5, 0.6) is 0 Å². The third kappa shape index (κ3) is 4.48. The van der Waals surface area contributed by atoms with E-state index in [1.54, 1.807) is 12.1 Å². The highest BCUT2D eigenvalue weighted by Crippen LogP contribution is 2.38. The number of nitrogens with one attached hydrogen (secondary N) is 1. The van der Waals surface area contributed by atoms with Crippen molar-refractivity contribution < 1.29 is 8.78 Å². The first-order valence-corrected chi connectivity index (χ1v) is 7.88. The number of benzene rings is 1. The molecule has 1 aliphatic carbocycles. The summed E-state index contributed by atoms with van der Waals surface area (Å²) >= 11 is 0. The minimum atomic E-state index is -0.769. The Balaban J connectivity index is 2.04. The zero-order chi connectivity index (χ0) is 15.4. The normalized spacial score (nSPS) is 22.6. The highest BCUT2D eigenvalue weighted by atomic mass is 19.2. The number of likely N-dealkylation sites (N-methyl/N-ethyl adjacent to an activating group) is 1. The Morgan fingerprint density at radius 1 is 1.38 bits per heavy atom. The first-order valence-electron chi connectivity index (χ1n) is 7.88. The Morgan fingerprint density at radius 3 is 2.71 bits per heavy atom. The van der Waals surface area contributed by atoms with Crippen LogP contribution in [0.3, 0.4) is 0 Å². The third-order valence-electron chi connectivity index (χ3n) is 4.31. The lowest BCUT2D eigenvalue weighted by Crippen LogP contribution is -2.35. The molecule has 1 saturated carbocycles. The van der Waals surface area contributed by atoms with Crippen molar-refractivity contribution in [2.45, 2.75) is 32.7 Å². The summed E-state index contributed by atoms with van der Waals surface area (Å²) in [5.74, 6) is 0.0770. The van der Waals surface area contributed by atoms with Crippen LogP contribution in [0.25, 0.3) is 0 Å². The van der Waals surface area contributed by atoms with E-state index in [4.69, 9.17) is 0 Å². The summed E-state index contributed by atoms with van der Waals surface area (Å²) in [4.78, 5) is 2.23. The average molecular weight is 296 g/mol. The van der Waals surface area contributed by atoms with E-state index in [1.807, 2.05) is 0 Å². The minimum Gasteiger partial charge on any atom is -0.309 e. The molecular formula is C17H26F2N2. The van der Waals surface area contributed by atoms with Crippen molar-refractivity contribution in [2.75, 3.05) is 26.7 Å². The molecule has 0 spiro atoms. The summed E-state index contributed by atoms with van der Waals surface area (Å²) in [6.07, 6.45) is 2.25. The molecule has 0 bridgehead atoms. The lowest BCUT2D eigenvalue weighted by atomic mass is 10.0. The van der Waals surface area contributed by atoms with Crippen molar-refractivity contribution in [2.24, 2.45) is 11.8 Å². The molecule has 1 fully saturated rings. The molecule has 3 unspecified atom stereocenters. The van der Waals surface area contributed by atoms with E-state index >= 15 is 0 Å². The highest BCUT2D eigenvalue weighted by molar-refractivity contribution is 5.23. The summed E-state index contributed by atoms with van der Waals surface area (Å²) in [5.41, 5.74) is 0.430. The van der Waals surface area contributed by atoms with Gasteiger partial charge in [0.1, 0.15) is 0 Å². The second-order valence-corrected chi connectivity index (χ2v) is 6.34. The Kier molecular flexibility index (Phi) is 5.71. The van der Waals surface area contributed by atoms with Crippen molar-refractivity contribution in [3.05, 3.63) is 35.4 Å². The fourth-order valence-electron chi connectivity index (χ4n) is 2.82. The van der Waals surface area contributed by atoms with Crippen LogP contribution in [-0.2, 0) is 0 Å². The van der Waals surface area contributed by atoms with Crippen LogP contribution in [0.1, 0.15) is 38.3 Å². The second-order valence-electron chi connectivity index (χ2n) is 6.34. The Bertz CT molecular complexity index is 464. The predicted molar refractivity (Wildman–Crippen MR) is 82.2 cm³/mol. The van der Waals surface area contributed by atoms with Gasteiger partial charge in [-0.15, -0.1) is 0 Å². The fraction of sp³-hybridized carbons (Fsp3) is 0.647. The van der Waals surface area contributed by atoms with E-state index in [2.05, 4.69) is 31.1 Å². The summed E-state index contributed by atoms with van der Waals surface area (Å²) < 4.78 is 27.5. The van der Waals surface area contributed by atoms with Gasteiger partial charge in [-0.25, -0.2) is 8.78 Å². The highest BCUT2D eigenvalue weighted by Gasteiger charge is 2.33. The molecule has 3 atom stereocenters. The maximum Gasteiger partial charge on any atom is 0.163 e. The Hall–Kier alpha value is -1.00. The van der Waals surface area contributed by atoms with Crippen molar-refractivity contribution in [3.8, 4) is 0 Å². The van der Waals surface area contributed by atoms with Gasteiger partial charge in [0.25, 0.3) is 0 Å². The molecule has 1 aliphatic rings. The number of hydrogen-bond donors (Lipinski definition) is 1. The van der Waals surface area contributed by atoms with Crippen LogP contribution in [-0.4, -0.2) is 31.6 Å². The standard InChI is InChI=1S/C17H26F2N2/c1-4-8-20-16(11-21(3)10-13-9-12(13)2)14-6-5-7-15(18)17(14)19/h5-7,12-13,16,20H,4,8-11H2,1-3H3. The van der Waals surface area contributed by atoms with Gasteiger partial charge in [0, 0.05) is 24.7 Å². The van der Waals surface area contributed by atoms with Gasteiger partial charge in [-0.3, -0.25) is 0 Å². The van der Waals surface area contributed by atoms with Gasteiger partial charge in [-0.2, -0.15) is 0 Å². The molecular weight excluding hydrogens is 270 g/mol. The first-order chi connectivity index (χ1) is 10.0. The SMILES string of the molecule is CCCNC(CN(C)CC1CC1C)c1cccc(F)c1F. The van der Waals surface area contributed by atoms with E-state index in [-0.39, 0.29) is 6.04 Å². The molecule has 0 saturated heterocycles. The Morgan fingerprint density at radius 2 is 2.10 bits per heavy atom. The fourth-order valence-corrected chi connectivity index (χ4v) is 2.82.